The third-order valence-corrected chi connectivity index (χ3v) is 4.54. The molecule has 0 heterocycles. The predicted octanol–water partition coefficient (Wildman–Crippen LogP) is 1.22. The molecule has 120 valence electrons. The number of carbonyl (C=O) groups excluding carboxylic acids is 1. The first kappa shape index (κ1) is 19.9. The molecular weight excluding hydrogens is 316 g/mol. The third-order valence-electron chi connectivity index (χ3n) is 2.85. The zero-order valence-electron chi connectivity index (χ0n) is 12.5. The largest absolute Gasteiger partial charge is 0.465 e. The van der Waals surface area contributed by atoms with Crippen LogP contribution in [0.4, 0.5) is 0 Å². The number of methoxy groups -OCH3 is 1. The van der Waals surface area contributed by atoms with Crippen molar-refractivity contribution in [2.75, 3.05) is 13.7 Å². The van der Waals surface area contributed by atoms with Gasteiger partial charge in [0.15, 0.2) is 0 Å². The summed E-state index contributed by atoms with van der Waals surface area (Å²) >= 11 is 0. The monoisotopic (exact) mass is 336 g/mol. The number of halogens is 1. The number of benzene rings is 1. The number of hydrogen-bond donors (Lipinski definition) is 2. The third kappa shape index (κ3) is 4.96. The van der Waals surface area contributed by atoms with Crippen molar-refractivity contribution in [1.29, 1.82) is 0 Å². The van der Waals surface area contributed by atoms with E-state index >= 15 is 0 Å². The first-order chi connectivity index (χ1) is 9.13. The van der Waals surface area contributed by atoms with Crippen molar-refractivity contribution in [3.63, 3.8) is 0 Å². The van der Waals surface area contributed by atoms with Crippen LogP contribution in [-0.4, -0.2) is 33.6 Å². The second-order valence-electron chi connectivity index (χ2n) is 5.16. The van der Waals surface area contributed by atoms with Crippen molar-refractivity contribution < 1.29 is 17.9 Å². The highest BCUT2D eigenvalue weighted by molar-refractivity contribution is 7.89. The Morgan fingerprint density at radius 3 is 2.43 bits per heavy atom. The Labute approximate surface area is 131 Å². The molecule has 21 heavy (non-hydrogen) atoms. The van der Waals surface area contributed by atoms with Crippen LogP contribution in [0.3, 0.4) is 0 Å². The summed E-state index contributed by atoms with van der Waals surface area (Å²) in [6.07, 6.45) is 0. The summed E-state index contributed by atoms with van der Waals surface area (Å²) in [5.74, 6) is -0.572. The number of esters is 1. The molecule has 0 radical (unpaired) electrons. The fraction of sp³-hybridized carbons (Fsp3) is 0.462. The minimum Gasteiger partial charge on any atom is -0.465 e. The van der Waals surface area contributed by atoms with Crippen molar-refractivity contribution in [3.05, 3.63) is 29.3 Å². The van der Waals surface area contributed by atoms with Gasteiger partial charge in [-0.25, -0.2) is 17.9 Å². The van der Waals surface area contributed by atoms with E-state index in [1.54, 1.807) is 26.8 Å². The fourth-order valence-electron chi connectivity index (χ4n) is 1.56. The molecule has 1 aromatic carbocycles. The molecule has 6 nitrogen and oxygen atoms in total. The second kappa shape index (κ2) is 7.22. The van der Waals surface area contributed by atoms with E-state index in [0.29, 0.717) is 5.56 Å². The lowest BCUT2D eigenvalue weighted by molar-refractivity contribution is 0.0599. The number of nitrogens with two attached hydrogens (primary N) is 1. The molecule has 0 bridgehead atoms. The number of carbonyl (C=O) groups is 1. The molecule has 1 aromatic rings. The lowest BCUT2D eigenvalue weighted by Crippen LogP contribution is -2.48. The maximum absolute atomic E-state index is 12.3. The van der Waals surface area contributed by atoms with Crippen LogP contribution >= 0.6 is 12.4 Å². The Hall–Kier alpha value is -1.15. The van der Waals surface area contributed by atoms with Crippen LogP contribution in [0.5, 0.6) is 0 Å². The molecule has 0 unspecified atom stereocenters. The van der Waals surface area contributed by atoms with Gasteiger partial charge in [-0.2, -0.15) is 0 Å². The van der Waals surface area contributed by atoms with Gasteiger partial charge in [-0.15, -0.1) is 12.4 Å². The number of sulfonamides is 1. The summed E-state index contributed by atoms with van der Waals surface area (Å²) in [6, 6.07) is 4.31. The molecule has 0 saturated heterocycles. The summed E-state index contributed by atoms with van der Waals surface area (Å²) in [5, 5.41) is 0. The Morgan fingerprint density at radius 1 is 1.38 bits per heavy atom. The number of hydrogen-bond acceptors (Lipinski definition) is 5. The molecule has 0 spiro atoms. The second-order valence-corrected chi connectivity index (χ2v) is 6.84. The Bertz CT molecular complexity index is 615. The number of ether oxygens (including phenoxy) is 1. The fourth-order valence-corrected chi connectivity index (χ4v) is 3.01. The minimum absolute atomic E-state index is 0. The maximum Gasteiger partial charge on any atom is 0.338 e. The SMILES string of the molecule is COC(=O)c1cc(S(=O)(=O)NC(C)(C)CN)ccc1C.Cl. The van der Waals surface area contributed by atoms with Gasteiger partial charge in [0.2, 0.25) is 10.0 Å². The Kier molecular flexibility index (Phi) is 6.82. The Balaban J connectivity index is 0.00000400. The van der Waals surface area contributed by atoms with E-state index in [2.05, 4.69) is 9.46 Å². The van der Waals surface area contributed by atoms with Gasteiger partial charge in [-0.05, 0) is 38.5 Å². The van der Waals surface area contributed by atoms with E-state index in [1.165, 1.54) is 19.2 Å². The molecule has 0 aromatic heterocycles. The standard InChI is InChI=1S/C13H20N2O4S.ClH/c1-9-5-6-10(7-11(9)12(16)19-4)20(17,18)15-13(2,3)8-14;/h5-7,15H,8,14H2,1-4H3;1H. The highest BCUT2D eigenvalue weighted by Gasteiger charge is 2.26. The first-order valence-electron chi connectivity index (χ1n) is 6.06. The highest BCUT2D eigenvalue weighted by atomic mass is 35.5. The smallest absolute Gasteiger partial charge is 0.338 e. The van der Waals surface area contributed by atoms with Gasteiger partial charge in [0, 0.05) is 12.1 Å². The van der Waals surface area contributed by atoms with Gasteiger partial charge in [-0.3, -0.25) is 0 Å². The van der Waals surface area contributed by atoms with Gasteiger partial charge < -0.3 is 10.5 Å². The van der Waals surface area contributed by atoms with E-state index in [4.69, 9.17) is 5.73 Å². The van der Waals surface area contributed by atoms with Crippen LogP contribution < -0.4 is 10.5 Å². The van der Waals surface area contributed by atoms with E-state index in [9.17, 15) is 13.2 Å². The van der Waals surface area contributed by atoms with Crippen LogP contribution in [0.2, 0.25) is 0 Å². The summed E-state index contributed by atoms with van der Waals surface area (Å²) in [6.45, 7) is 5.22. The van der Waals surface area contributed by atoms with Crippen molar-refractivity contribution in [2.24, 2.45) is 5.73 Å². The van der Waals surface area contributed by atoms with Crippen LogP contribution in [0.15, 0.2) is 23.1 Å². The molecule has 0 fully saturated rings. The number of aryl methyl sites for hydroxylation is 1. The van der Waals surface area contributed by atoms with Crippen molar-refractivity contribution in [1.82, 2.24) is 4.72 Å². The van der Waals surface area contributed by atoms with Gasteiger partial charge in [0.05, 0.1) is 17.6 Å². The van der Waals surface area contributed by atoms with Gasteiger partial charge >= 0.3 is 5.97 Å². The van der Waals surface area contributed by atoms with E-state index < -0.39 is 21.5 Å². The highest BCUT2D eigenvalue weighted by Crippen LogP contribution is 2.18. The van der Waals surface area contributed by atoms with Crippen molar-refractivity contribution in [2.45, 2.75) is 31.2 Å². The van der Waals surface area contributed by atoms with Gasteiger partial charge in [0.1, 0.15) is 0 Å². The maximum atomic E-state index is 12.3. The van der Waals surface area contributed by atoms with Crippen LogP contribution in [0.25, 0.3) is 0 Å². The molecule has 0 saturated carbocycles. The van der Waals surface area contributed by atoms with Gasteiger partial charge in [-0.1, -0.05) is 6.07 Å². The zero-order chi connectivity index (χ0) is 15.6. The molecule has 8 heteroatoms. The quantitative estimate of drug-likeness (QED) is 0.788. The molecule has 0 aliphatic carbocycles. The molecule has 1 rings (SSSR count). The predicted molar refractivity (Wildman–Crippen MR) is 83.2 cm³/mol. The van der Waals surface area contributed by atoms with E-state index in [0.717, 1.165) is 0 Å². The van der Waals surface area contributed by atoms with Crippen LogP contribution in [-0.2, 0) is 14.8 Å². The van der Waals surface area contributed by atoms with Crippen molar-refractivity contribution in [3.8, 4) is 0 Å². The lowest BCUT2D eigenvalue weighted by Gasteiger charge is -2.24. The van der Waals surface area contributed by atoms with Crippen LogP contribution in [0.1, 0.15) is 29.8 Å². The minimum atomic E-state index is -3.75. The number of rotatable bonds is 5. The normalized spacial score (nSPS) is 11.7. The van der Waals surface area contributed by atoms with Crippen molar-refractivity contribution >= 4 is 28.4 Å². The molecule has 0 atom stereocenters. The first-order valence-corrected chi connectivity index (χ1v) is 7.54. The average Bonchev–Trinajstić information content (AvgIpc) is 2.37. The average molecular weight is 337 g/mol. The van der Waals surface area contributed by atoms with Gasteiger partial charge in [0.25, 0.3) is 0 Å². The summed E-state index contributed by atoms with van der Waals surface area (Å²) < 4.78 is 31.7. The zero-order valence-corrected chi connectivity index (χ0v) is 14.1. The summed E-state index contributed by atoms with van der Waals surface area (Å²) in [7, 11) is -2.50. The molecular formula is C13H21ClN2O4S. The lowest BCUT2D eigenvalue weighted by atomic mass is 10.1. The van der Waals surface area contributed by atoms with E-state index in [-0.39, 0.29) is 29.4 Å². The number of nitrogens with one attached hydrogen (secondary N) is 1. The Morgan fingerprint density at radius 2 is 1.95 bits per heavy atom. The molecule has 3 N–H and O–H groups in total. The molecule has 0 aliphatic rings. The van der Waals surface area contributed by atoms with Crippen LogP contribution in [0, 0.1) is 6.92 Å². The topological polar surface area (TPSA) is 98.5 Å². The molecule has 0 aliphatic heterocycles. The molecule has 0 amide bonds. The summed E-state index contributed by atoms with van der Waals surface area (Å²) in [4.78, 5) is 11.6. The summed E-state index contributed by atoms with van der Waals surface area (Å²) in [5.41, 5.74) is 5.62. The van der Waals surface area contributed by atoms with E-state index in [1.807, 2.05) is 0 Å².